The fraction of sp³-hybridized carbons (Fsp3) is 0.333. The van der Waals surface area contributed by atoms with E-state index >= 15 is 0 Å². The maximum atomic E-state index is 13.2. The van der Waals surface area contributed by atoms with Gasteiger partial charge in [-0.2, -0.15) is 0 Å². The molecule has 0 aliphatic carbocycles. The van der Waals surface area contributed by atoms with Crippen LogP contribution in [0.15, 0.2) is 36.7 Å². The van der Waals surface area contributed by atoms with Crippen molar-refractivity contribution in [3.63, 3.8) is 0 Å². The number of rotatable bonds is 3. The molecule has 1 aromatic heterocycles. The number of hydrogen-bond donors (Lipinski definition) is 0. The van der Waals surface area contributed by atoms with E-state index in [0.29, 0.717) is 6.54 Å². The molecule has 0 amide bonds. The Morgan fingerprint density at radius 2 is 1.67 bits per heavy atom. The average molecular weight is 290 g/mol. The maximum Gasteiger partial charge on any atom is 0.225 e. The summed E-state index contributed by atoms with van der Waals surface area (Å²) >= 11 is 0. The van der Waals surface area contributed by atoms with Gasteiger partial charge < -0.3 is 4.90 Å². The third-order valence-corrected chi connectivity index (χ3v) is 3.60. The van der Waals surface area contributed by atoms with Crippen LogP contribution in [0.5, 0.6) is 0 Å². The molecule has 1 aliphatic rings. The molecule has 1 saturated heterocycles. The zero-order valence-electron chi connectivity index (χ0n) is 11.5. The Balaban J connectivity index is 1.57. The molecule has 2 heterocycles. The molecule has 6 heteroatoms. The van der Waals surface area contributed by atoms with Gasteiger partial charge in [-0.3, -0.25) is 4.90 Å². The standard InChI is InChI=1S/C15H16F2N4/c16-13-3-2-12(10-14(13)17)11-20-6-8-21(9-7-20)15-18-4-1-5-19-15/h1-5,10H,6-9,11H2. The summed E-state index contributed by atoms with van der Waals surface area (Å²) in [5.41, 5.74) is 0.790. The van der Waals surface area contributed by atoms with Gasteiger partial charge >= 0.3 is 0 Å². The summed E-state index contributed by atoms with van der Waals surface area (Å²) in [5.74, 6) is -0.849. The van der Waals surface area contributed by atoms with Crippen LogP contribution in [0.3, 0.4) is 0 Å². The quantitative estimate of drug-likeness (QED) is 0.866. The number of halogens is 2. The van der Waals surface area contributed by atoms with Crippen LogP contribution in [-0.4, -0.2) is 41.0 Å². The number of piperazine rings is 1. The fourth-order valence-corrected chi connectivity index (χ4v) is 2.46. The Labute approximate surface area is 122 Å². The Hall–Kier alpha value is -2.08. The predicted molar refractivity (Wildman–Crippen MR) is 75.9 cm³/mol. The molecule has 0 spiro atoms. The first-order valence-corrected chi connectivity index (χ1v) is 6.90. The van der Waals surface area contributed by atoms with E-state index in [1.165, 1.54) is 12.1 Å². The molecule has 0 unspecified atom stereocenters. The van der Waals surface area contributed by atoms with Crippen molar-refractivity contribution in [1.82, 2.24) is 14.9 Å². The third kappa shape index (κ3) is 3.33. The normalized spacial score (nSPS) is 16.2. The van der Waals surface area contributed by atoms with E-state index in [4.69, 9.17) is 0 Å². The van der Waals surface area contributed by atoms with Crippen molar-refractivity contribution in [3.05, 3.63) is 53.9 Å². The van der Waals surface area contributed by atoms with Gasteiger partial charge in [-0.1, -0.05) is 6.07 Å². The lowest BCUT2D eigenvalue weighted by Crippen LogP contribution is -2.46. The van der Waals surface area contributed by atoms with Crippen LogP contribution in [-0.2, 0) is 6.54 Å². The lowest BCUT2D eigenvalue weighted by atomic mass is 10.2. The number of nitrogens with zero attached hydrogens (tertiary/aromatic N) is 4. The molecule has 0 radical (unpaired) electrons. The van der Waals surface area contributed by atoms with Gasteiger partial charge in [0.15, 0.2) is 11.6 Å². The van der Waals surface area contributed by atoms with Crippen LogP contribution in [0.2, 0.25) is 0 Å². The minimum Gasteiger partial charge on any atom is -0.338 e. The number of aromatic nitrogens is 2. The second-order valence-electron chi connectivity index (χ2n) is 5.06. The molecule has 110 valence electrons. The van der Waals surface area contributed by atoms with E-state index in [1.807, 2.05) is 0 Å². The molecule has 1 fully saturated rings. The van der Waals surface area contributed by atoms with Gasteiger partial charge in [0.25, 0.3) is 0 Å². The van der Waals surface area contributed by atoms with Gasteiger partial charge in [0.1, 0.15) is 0 Å². The second kappa shape index (κ2) is 6.13. The molecular weight excluding hydrogens is 274 g/mol. The van der Waals surface area contributed by atoms with Gasteiger partial charge in [-0.25, -0.2) is 18.7 Å². The van der Waals surface area contributed by atoms with Crippen LogP contribution in [0.25, 0.3) is 0 Å². The molecular formula is C15H16F2N4. The van der Waals surface area contributed by atoms with Crippen molar-refractivity contribution >= 4 is 5.95 Å². The fourth-order valence-electron chi connectivity index (χ4n) is 2.46. The highest BCUT2D eigenvalue weighted by atomic mass is 19.2. The molecule has 1 aliphatic heterocycles. The molecule has 2 aromatic rings. The summed E-state index contributed by atoms with van der Waals surface area (Å²) in [6.45, 7) is 3.97. The number of anilines is 1. The van der Waals surface area contributed by atoms with Crippen molar-refractivity contribution in [3.8, 4) is 0 Å². The smallest absolute Gasteiger partial charge is 0.225 e. The Kier molecular flexibility index (Phi) is 4.06. The Morgan fingerprint density at radius 3 is 2.33 bits per heavy atom. The van der Waals surface area contributed by atoms with Crippen LogP contribution >= 0.6 is 0 Å². The molecule has 3 rings (SSSR count). The monoisotopic (exact) mass is 290 g/mol. The van der Waals surface area contributed by atoms with Gasteiger partial charge in [-0.05, 0) is 23.8 Å². The van der Waals surface area contributed by atoms with E-state index in [1.54, 1.807) is 24.5 Å². The molecule has 4 nitrogen and oxygen atoms in total. The van der Waals surface area contributed by atoms with E-state index in [-0.39, 0.29) is 0 Å². The first-order valence-electron chi connectivity index (χ1n) is 6.90. The lowest BCUT2D eigenvalue weighted by molar-refractivity contribution is 0.248. The van der Waals surface area contributed by atoms with Crippen molar-refractivity contribution in [1.29, 1.82) is 0 Å². The van der Waals surface area contributed by atoms with Gasteiger partial charge in [0.05, 0.1) is 0 Å². The van der Waals surface area contributed by atoms with Gasteiger partial charge in [-0.15, -0.1) is 0 Å². The van der Waals surface area contributed by atoms with Gasteiger partial charge in [0, 0.05) is 45.1 Å². The minimum atomic E-state index is -0.801. The second-order valence-corrected chi connectivity index (χ2v) is 5.06. The highest BCUT2D eigenvalue weighted by molar-refractivity contribution is 5.29. The van der Waals surface area contributed by atoms with Crippen LogP contribution in [0, 0.1) is 11.6 Å². The maximum absolute atomic E-state index is 13.2. The number of benzene rings is 1. The number of hydrogen-bond acceptors (Lipinski definition) is 4. The largest absolute Gasteiger partial charge is 0.338 e. The van der Waals surface area contributed by atoms with Gasteiger partial charge in [0.2, 0.25) is 5.95 Å². The van der Waals surface area contributed by atoms with Crippen LogP contribution in [0.4, 0.5) is 14.7 Å². The molecule has 0 saturated carbocycles. The van der Waals surface area contributed by atoms with E-state index in [2.05, 4.69) is 19.8 Å². The first kappa shape index (κ1) is 13.9. The van der Waals surface area contributed by atoms with Crippen molar-refractivity contribution in [2.45, 2.75) is 6.54 Å². The lowest BCUT2D eigenvalue weighted by Gasteiger charge is -2.34. The predicted octanol–water partition coefficient (Wildman–Crippen LogP) is 2.08. The van der Waals surface area contributed by atoms with Crippen LogP contribution < -0.4 is 4.90 Å². The van der Waals surface area contributed by atoms with E-state index in [9.17, 15) is 8.78 Å². The zero-order valence-corrected chi connectivity index (χ0v) is 11.5. The molecule has 21 heavy (non-hydrogen) atoms. The summed E-state index contributed by atoms with van der Waals surface area (Å²) in [4.78, 5) is 12.8. The van der Waals surface area contributed by atoms with Crippen molar-refractivity contribution in [2.75, 3.05) is 31.1 Å². The Bertz CT molecular complexity index is 598. The highest BCUT2D eigenvalue weighted by Gasteiger charge is 2.19. The summed E-state index contributed by atoms with van der Waals surface area (Å²) in [6, 6.07) is 5.87. The average Bonchev–Trinajstić information content (AvgIpc) is 2.53. The SMILES string of the molecule is Fc1ccc(CN2CCN(c3ncccn3)CC2)cc1F. The molecule has 1 aromatic carbocycles. The van der Waals surface area contributed by atoms with E-state index < -0.39 is 11.6 Å². The van der Waals surface area contributed by atoms with E-state index in [0.717, 1.165) is 37.7 Å². The zero-order chi connectivity index (χ0) is 14.7. The Morgan fingerprint density at radius 1 is 0.952 bits per heavy atom. The highest BCUT2D eigenvalue weighted by Crippen LogP contribution is 2.14. The molecule has 0 bridgehead atoms. The van der Waals surface area contributed by atoms with Crippen molar-refractivity contribution in [2.24, 2.45) is 0 Å². The molecule has 0 N–H and O–H groups in total. The topological polar surface area (TPSA) is 32.3 Å². The van der Waals surface area contributed by atoms with Crippen LogP contribution in [0.1, 0.15) is 5.56 Å². The molecule has 0 atom stereocenters. The summed E-state index contributed by atoms with van der Waals surface area (Å²) in [7, 11) is 0. The minimum absolute atomic E-state index is 0.626. The summed E-state index contributed by atoms with van der Waals surface area (Å²) in [5, 5.41) is 0. The van der Waals surface area contributed by atoms with Crippen molar-refractivity contribution < 1.29 is 8.78 Å². The third-order valence-electron chi connectivity index (χ3n) is 3.60. The summed E-state index contributed by atoms with van der Waals surface area (Å²) in [6.07, 6.45) is 3.46. The first-order chi connectivity index (χ1) is 10.2. The summed E-state index contributed by atoms with van der Waals surface area (Å²) < 4.78 is 26.1.